The van der Waals surface area contributed by atoms with Gasteiger partial charge in [0.05, 0.1) is 12.1 Å². The largest absolute Gasteiger partial charge is 0.313 e. The number of hydrogen-bond acceptors (Lipinski definition) is 3. The lowest BCUT2D eigenvalue weighted by Gasteiger charge is -1.99. The zero-order chi connectivity index (χ0) is 10.8. The number of pyridine rings is 1. The lowest BCUT2D eigenvalue weighted by atomic mass is 10.3. The summed E-state index contributed by atoms with van der Waals surface area (Å²) in [6.07, 6.45) is 2.67. The second-order valence-corrected chi connectivity index (χ2v) is 4.08. The molecule has 0 aliphatic rings. The highest BCUT2D eigenvalue weighted by Crippen LogP contribution is 2.17. The number of aromatic nitrogens is 2. The number of imidazole rings is 1. The molecule has 0 aliphatic carbocycles. The summed E-state index contributed by atoms with van der Waals surface area (Å²) in [6.45, 7) is 0.636. The molecule has 0 radical (unpaired) electrons. The molecule has 0 unspecified atom stereocenters. The summed E-state index contributed by atoms with van der Waals surface area (Å²) < 4.78 is 2.85. The molecule has 1 N–H and O–H groups in total. The van der Waals surface area contributed by atoms with E-state index >= 15 is 0 Å². The van der Waals surface area contributed by atoms with Crippen LogP contribution in [0.25, 0.3) is 5.52 Å². The van der Waals surface area contributed by atoms with Crippen LogP contribution in [0.15, 0.2) is 22.8 Å². The normalized spacial score (nSPS) is 10.8. The Hall–Kier alpha value is -1.20. The van der Waals surface area contributed by atoms with Crippen LogP contribution in [-0.4, -0.2) is 22.7 Å². The third-order valence-electron chi connectivity index (χ3n) is 2.15. The van der Waals surface area contributed by atoms with Crippen LogP contribution >= 0.6 is 15.9 Å². The summed E-state index contributed by atoms with van der Waals surface area (Å²) in [5.41, 5.74) is 1.30. The van der Waals surface area contributed by atoms with Crippen LogP contribution in [0.4, 0.5) is 0 Å². The van der Waals surface area contributed by atoms with Crippen molar-refractivity contribution in [1.82, 2.24) is 14.7 Å². The summed E-state index contributed by atoms with van der Waals surface area (Å²) in [5, 5.41) is 3.02. The molecular formula is C10H10BrN3O. The Morgan fingerprint density at radius 2 is 2.47 bits per heavy atom. The van der Waals surface area contributed by atoms with Crippen molar-refractivity contribution in [3.63, 3.8) is 0 Å². The van der Waals surface area contributed by atoms with Crippen LogP contribution < -0.4 is 5.32 Å². The molecule has 0 aliphatic heterocycles. The molecule has 2 aromatic rings. The average Bonchev–Trinajstić information content (AvgIpc) is 2.56. The minimum Gasteiger partial charge on any atom is -0.313 e. The van der Waals surface area contributed by atoms with Gasteiger partial charge in [-0.2, -0.15) is 0 Å². The Labute approximate surface area is 95.4 Å². The summed E-state index contributed by atoms with van der Waals surface area (Å²) in [5.74, 6) is 0.835. The van der Waals surface area contributed by atoms with Gasteiger partial charge >= 0.3 is 0 Å². The van der Waals surface area contributed by atoms with Gasteiger partial charge in [0, 0.05) is 10.7 Å². The van der Waals surface area contributed by atoms with E-state index in [0.29, 0.717) is 12.2 Å². The van der Waals surface area contributed by atoms with Crippen LogP contribution in [0.2, 0.25) is 0 Å². The molecule has 78 valence electrons. The Bertz CT molecular complexity index is 507. The number of nitrogens with zero attached hydrogens (tertiary/aromatic N) is 2. The van der Waals surface area contributed by atoms with Gasteiger partial charge in [-0.25, -0.2) is 4.98 Å². The van der Waals surface area contributed by atoms with Gasteiger partial charge in [0.1, 0.15) is 11.5 Å². The van der Waals surface area contributed by atoms with Gasteiger partial charge in [0.2, 0.25) is 0 Å². The maximum Gasteiger partial charge on any atom is 0.170 e. The number of fused-ring (bicyclic) bond motifs is 1. The molecule has 2 heterocycles. The highest BCUT2D eigenvalue weighted by atomic mass is 79.9. The Morgan fingerprint density at radius 3 is 3.13 bits per heavy atom. The van der Waals surface area contributed by atoms with Gasteiger partial charge in [-0.15, -0.1) is 0 Å². The molecule has 0 aromatic carbocycles. The van der Waals surface area contributed by atoms with Crippen LogP contribution in [-0.2, 0) is 6.54 Å². The van der Waals surface area contributed by atoms with Gasteiger partial charge in [-0.3, -0.25) is 4.79 Å². The Morgan fingerprint density at radius 1 is 1.67 bits per heavy atom. The number of carbonyl (C=O) groups excluding carboxylic acids is 1. The van der Waals surface area contributed by atoms with E-state index in [4.69, 9.17) is 0 Å². The molecule has 0 fully saturated rings. The van der Waals surface area contributed by atoms with Crippen molar-refractivity contribution in [2.75, 3.05) is 7.05 Å². The fraction of sp³-hybridized carbons (Fsp3) is 0.200. The maximum absolute atomic E-state index is 10.8. The van der Waals surface area contributed by atoms with Crippen molar-refractivity contribution < 1.29 is 4.79 Å². The van der Waals surface area contributed by atoms with Crippen molar-refractivity contribution in [3.8, 4) is 0 Å². The topological polar surface area (TPSA) is 46.4 Å². The first-order valence-corrected chi connectivity index (χ1v) is 5.32. The number of hydrogen-bond donors (Lipinski definition) is 1. The molecule has 0 saturated carbocycles. The molecule has 0 amide bonds. The molecule has 0 bridgehead atoms. The van der Waals surface area contributed by atoms with E-state index in [1.165, 1.54) is 0 Å². The minimum atomic E-state index is 0.474. The van der Waals surface area contributed by atoms with Crippen molar-refractivity contribution in [3.05, 3.63) is 34.3 Å². The van der Waals surface area contributed by atoms with Gasteiger partial charge in [-0.1, -0.05) is 15.9 Å². The van der Waals surface area contributed by atoms with E-state index in [2.05, 4.69) is 26.2 Å². The first-order chi connectivity index (χ1) is 7.26. The van der Waals surface area contributed by atoms with E-state index in [1.807, 2.05) is 29.8 Å². The van der Waals surface area contributed by atoms with E-state index in [1.54, 1.807) is 0 Å². The highest BCUT2D eigenvalue weighted by molar-refractivity contribution is 9.10. The fourth-order valence-corrected chi connectivity index (χ4v) is 1.85. The Balaban J connectivity index is 2.69. The first kappa shape index (κ1) is 10.3. The molecule has 2 rings (SSSR count). The molecule has 0 spiro atoms. The summed E-state index contributed by atoms with van der Waals surface area (Å²) in [6, 6.07) is 3.80. The van der Waals surface area contributed by atoms with Gasteiger partial charge in [-0.05, 0) is 19.2 Å². The molecular weight excluding hydrogens is 258 g/mol. The SMILES string of the molecule is CNCc1nc(C=O)c2cc(Br)ccn12. The third kappa shape index (κ3) is 1.80. The van der Waals surface area contributed by atoms with Crippen LogP contribution in [0.1, 0.15) is 16.3 Å². The highest BCUT2D eigenvalue weighted by Gasteiger charge is 2.09. The summed E-state index contributed by atoms with van der Waals surface area (Å²) >= 11 is 3.37. The second kappa shape index (κ2) is 4.12. The number of rotatable bonds is 3. The van der Waals surface area contributed by atoms with E-state index in [9.17, 15) is 4.79 Å². The van der Waals surface area contributed by atoms with Gasteiger partial charge in [0.25, 0.3) is 0 Å². The summed E-state index contributed by atoms with van der Waals surface area (Å²) in [7, 11) is 1.85. The number of aldehydes is 1. The quantitative estimate of drug-likeness (QED) is 0.860. The van der Waals surface area contributed by atoms with Crippen molar-refractivity contribution in [2.45, 2.75) is 6.54 Å². The van der Waals surface area contributed by atoms with Crippen LogP contribution in [0.5, 0.6) is 0 Å². The Kier molecular flexibility index (Phi) is 2.83. The molecule has 15 heavy (non-hydrogen) atoms. The standard InChI is InChI=1S/C10H10BrN3O/c1-12-5-10-13-8(6-15)9-4-7(11)2-3-14(9)10/h2-4,6,12H,5H2,1H3. The van der Waals surface area contributed by atoms with Crippen molar-refractivity contribution >= 4 is 27.7 Å². The maximum atomic E-state index is 10.8. The second-order valence-electron chi connectivity index (χ2n) is 3.16. The molecule has 4 nitrogen and oxygen atoms in total. The van der Waals surface area contributed by atoms with E-state index < -0.39 is 0 Å². The van der Waals surface area contributed by atoms with E-state index in [0.717, 1.165) is 22.1 Å². The van der Waals surface area contributed by atoms with E-state index in [-0.39, 0.29) is 0 Å². The molecule has 0 atom stereocenters. The predicted octanol–water partition coefficient (Wildman–Crippen LogP) is 1.63. The average molecular weight is 268 g/mol. The van der Waals surface area contributed by atoms with Crippen LogP contribution in [0.3, 0.4) is 0 Å². The predicted molar refractivity (Wildman–Crippen MR) is 61.0 cm³/mol. The van der Waals surface area contributed by atoms with Crippen LogP contribution in [0, 0.1) is 0 Å². The van der Waals surface area contributed by atoms with Crippen molar-refractivity contribution in [2.24, 2.45) is 0 Å². The smallest absolute Gasteiger partial charge is 0.170 e. The molecule has 2 aromatic heterocycles. The van der Waals surface area contributed by atoms with Gasteiger partial charge in [0.15, 0.2) is 6.29 Å². The van der Waals surface area contributed by atoms with Crippen molar-refractivity contribution in [1.29, 1.82) is 0 Å². The number of carbonyl (C=O) groups is 1. The first-order valence-electron chi connectivity index (χ1n) is 4.52. The number of halogens is 1. The molecule has 5 heteroatoms. The number of nitrogens with one attached hydrogen (secondary N) is 1. The zero-order valence-corrected chi connectivity index (χ0v) is 9.78. The lowest BCUT2D eigenvalue weighted by Crippen LogP contribution is -2.08. The monoisotopic (exact) mass is 267 g/mol. The summed E-state index contributed by atoms with van der Waals surface area (Å²) in [4.78, 5) is 15.1. The third-order valence-corrected chi connectivity index (χ3v) is 2.65. The zero-order valence-electron chi connectivity index (χ0n) is 8.20. The lowest BCUT2D eigenvalue weighted by molar-refractivity contribution is 0.112. The fourth-order valence-electron chi connectivity index (χ4n) is 1.52. The minimum absolute atomic E-state index is 0.474. The van der Waals surface area contributed by atoms with Gasteiger partial charge < -0.3 is 9.72 Å². The molecule has 0 saturated heterocycles.